The van der Waals surface area contributed by atoms with E-state index in [0.29, 0.717) is 6.54 Å². The van der Waals surface area contributed by atoms with Crippen LogP contribution in [0, 0.1) is 0 Å². The van der Waals surface area contributed by atoms with Crippen molar-refractivity contribution in [1.82, 2.24) is 0 Å². The van der Waals surface area contributed by atoms with E-state index in [2.05, 4.69) is 0 Å². The number of carboxylic acids is 1. The summed E-state index contributed by atoms with van der Waals surface area (Å²) in [5.74, 6) is -0.930. The predicted octanol–water partition coefficient (Wildman–Crippen LogP) is 0.0888. The number of aliphatic carboxylic acids is 1. The van der Waals surface area contributed by atoms with Crippen LogP contribution < -0.4 is 10.0 Å². The Morgan fingerprint density at radius 3 is 3.06 bits per heavy atom. The van der Waals surface area contributed by atoms with Crippen LogP contribution in [0.25, 0.3) is 0 Å². The predicted molar refractivity (Wildman–Crippen MR) is 61.5 cm³/mol. The summed E-state index contributed by atoms with van der Waals surface area (Å²) in [7, 11) is 0. The van der Waals surface area contributed by atoms with Gasteiger partial charge >= 0.3 is 0 Å². The van der Waals surface area contributed by atoms with Gasteiger partial charge in [-0.05, 0) is 24.3 Å². The zero-order valence-corrected chi connectivity index (χ0v) is 10.4. The largest absolute Gasteiger partial charge is 0.544 e. The second kappa shape index (κ2) is 5.17. The lowest BCUT2D eigenvalue weighted by Gasteiger charge is -2.32. The number of rotatable bonds is 3. The van der Waals surface area contributed by atoms with Crippen molar-refractivity contribution in [3.63, 3.8) is 0 Å². The highest BCUT2D eigenvalue weighted by Gasteiger charge is 2.27. The van der Waals surface area contributed by atoms with Crippen LogP contribution in [0.2, 0.25) is 4.34 Å². The smallest absolute Gasteiger partial charge is 0.128 e. The zero-order valence-electron chi connectivity index (χ0n) is 8.87. The van der Waals surface area contributed by atoms with Crippen LogP contribution in [-0.2, 0) is 11.3 Å². The maximum absolute atomic E-state index is 11.0. The van der Waals surface area contributed by atoms with Crippen LogP contribution in [0.3, 0.4) is 0 Å². The van der Waals surface area contributed by atoms with E-state index in [1.165, 1.54) is 11.3 Å². The van der Waals surface area contributed by atoms with Crippen LogP contribution >= 0.6 is 22.9 Å². The van der Waals surface area contributed by atoms with Crippen molar-refractivity contribution in [2.75, 3.05) is 6.54 Å². The number of piperidine rings is 1. The van der Waals surface area contributed by atoms with Crippen molar-refractivity contribution in [2.45, 2.75) is 31.8 Å². The first-order valence-corrected chi connectivity index (χ1v) is 6.71. The third-order valence-electron chi connectivity index (χ3n) is 3.13. The highest BCUT2D eigenvalue weighted by molar-refractivity contribution is 7.14. The highest BCUT2D eigenvalue weighted by Crippen LogP contribution is 2.22. The number of hydrogen-bond acceptors (Lipinski definition) is 3. The van der Waals surface area contributed by atoms with E-state index in [1.54, 1.807) is 0 Å². The fourth-order valence-corrected chi connectivity index (χ4v) is 3.19. The first kappa shape index (κ1) is 11.9. The van der Waals surface area contributed by atoms with E-state index in [4.69, 9.17) is 11.6 Å². The van der Waals surface area contributed by atoms with Crippen LogP contribution in [-0.4, -0.2) is 18.6 Å². The first-order valence-electron chi connectivity index (χ1n) is 5.46. The molecule has 2 atom stereocenters. The van der Waals surface area contributed by atoms with Gasteiger partial charge in [-0.2, -0.15) is 0 Å². The minimum absolute atomic E-state index is 0.371. The van der Waals surface area contributed by atoms with Gasteiger partial charge in [0.1, 0.15) is 16.9 Å². The van der Waals surface area contributed by atoms with E-state index in [1.807, 2.05) is 11.4 Å². The highest BCUT2D eigenvalue weighted by atomic mass is 35.5. The molecule has 0 spiro atoms. The number of thiophene rings is 1. The topological polar surface area (TPSA) is 44.6 Å². The fourth-order valence-electron chi connectivity index (χ4n) is 2.27. The molecule has 2 heterocycles. The zero-order chi connectivity index (χ0) is 11.5. The first-order chi connectivity index (χ1) is 7.68. The Kier molecular flexibility index (Phi) is 3.84. The molecular formula is C11H14ClNO2S. The van der Waals surface area contributed by atoms with Gasteiger partial charge in [0, 0.05) is 12.0 Å². The van der Waals surface area contributed by atoms with Gasteiger partial charge in [0.05, 0.1) is 12.5 Å². The number of likely N-dealkylation sites (tertiary alicyclic amines) is 1. The number of halogens is 1. The lowest BCUT2D eigenvalue weighted by molar-refractivity contribution is -0.937. The van der Waals surface area contributed by atoms with Crippen LogP contribution in [0.1, 0.15) is 24.8 Å². The molecule has 0 saturated carbocycles. The lowest BCUT2D eigenvalue weighted by Crippen LogP contribution is -3.17. The summed E-state index contributed by atoms with van der Waals surface area (Å²) in [5.41, 5.74) is 1.05. The van der Waals surface area contributed by atoms with E-state index in [9.17, 15) is 9.90 Å². The Hall–Kier alpha value is -0.580. The van der Waals surface area contributed by atoms with Gasteiger partial charge < -0.3 is 14.8 Å². The van der Waals surface area contributed by atoms with Gasteiger partial charge in [0.25, 0.3) is 0 Å². The summed E-state index contributed by atoms with van der Waals surface area (Å²) in [6.07, 6.45) is 2.79. The molecule has 1 unspecified atom stereocenters. The lowest BCUT2D eigenvalue weighted by atomic mass is 10.0. The van der Waals surface area contributed by atoms with Gasteiger partial charge in [-0.3, -0.25) is 0 Å². The number of hydrogen-bond donors (Lipinski definition) is 1. The van der Waals surface area contributed by atoms with Crippen molar-refractivity contribution < 1.29 is 14.8 Å². The second-order valence-corrected chi connectivity index (χ2v) is 5.69. The van der Waals surface area contributed by atoms with Crippen LogP contribution in [0.4, 0.5) is 0 Å². The molecule has 1 aromatic heterocycles. The third-order valence-corrected chi connectivity index (χ3v) is 4.38. The Labute approximate surface area is 104 Å². The number of carboxylic acid groups (broad SMARTS) is 1. The van der Waals surface area contributed by atoms with Crippen LogP contribution in [0.5, 0.6) is 0 Å². The van der Waals surface area contributed by atoms with Crippen LogP contribution in [0.15, 0.2) is 11.4 Å². The molecule has 1 aliphatic rings. The van der Waals surface area contributed by atoms with Crippen molar-refractivity contribution in [3.05, 3.63) is 21.3 Å². The second-order valence-electron chi connectivity index (χ2n) is 4.17. The summed E-state index contributed by atoms with van der Waals surface area (Å²) in [6.45, 7) is 1.59. The monoisotopic (exact) mass is 259 g/mol. The molecule has 5 heteroatoms. The van der Waals surface area contributed by atoms with Gasteiger partial charge in [0.15, 0.2) is 0 Å². The SMILES string of the molecule is O=C([O-])[C@@H]1CCCC[NH+]1Cc1ccsc1Cl. The van der Waals surface area contributed by atoms with E-state index in [-0.39, 0.29) is 6.04 Å². The molecule has 2 rings (SSSR count). The van der Waals surface area contributed by atoms with E-state index >= 15 is 0 Å². The molecule has 1 saturated heterocycles. The maximum atomic E-state index is 11.0. The van der Waals surface area contributed by atoms with E-state index in [0.717, 1.165) is 40.6 Å². The quantitative estimate of drug-likeness (QED) is 0.836. The van der Waals surface area contributed by atoms with Crippen molar-refractivity contribution >= 4 is 28.9 Å². The van der Waals surface area contributed by atoms with Gasteiger partial charge in [-0.25, -0.2) is 0 Å². The van der Waals surface area contributed by atoms with Crippen molar-refractivity contribution in [3.8, 4) is 0 Å². The fraction of sp³-hybridized carbons (Fsp3) is 0.545. The summed E-state index contributed by atoms with van der Waals surface area (Å²) in [6, 6.07) is 1.60. The molecule has 1 aromatic rings. The average Bonchev–Trinajstić information content (AvgIpc) is 2.65. The number of quaternary nitrogens is 1. The Morgan fingerprint density at radius 2 is 2.44 bits per heavy atom. The number of carbonyl (C=O) groups is 1. The van der Waals surface area contributed by atoms with Gasteiger partial charge in [0.2, 0.25) is 0 Å². The van der Waals surface area contributed by atoms with Gasteiger partial charge in [-0.1, -0.05) is 11.6 Å². The molecule has 1 aliphatic heterocycles. The number of nitrogens with one attached hydrogen (secondary N) is 1. The summed E-state index contributed by atoms with van der Waals surface area (Å²) in [4.78, 5) is 12.1. The molecule has 1 fully saturated rings. The molecule has 88 valence electrons. The molecular weight excluding hydrogens is 246 g/mol. The Bertz CT molecular complexity index is 380. The molecule has 0 aliphatic carbocycles. The summed E-state index contributed by atoms with van der Waals surface area (Å²) in [5, 5.41) is 13.0. The van der Waals surface area contributed by atoms with Crippen molar-refractivity contribution in [2.24, 2.45) is 0 Å². The minimum Gasteiger partial charge on any atom is -0.544 e. The molecule has 0 aromatic carbocycles. The summed E-state index contributed by atoms with van der Waals surface area (Å²) < 4.78 is 0.773. The molecule has 16 heavy (non-hydrogen) atoms. The molecule has 0 bridgehead atoms. The standard InChI is InChI=1S/C11H14ClNO2S/c12-10-8(4-6-16-10)7-13-5-2-1-3-9(13)11(14)15/h4,6,9H,1-3,5,7H2,(H,14,15)/t9-/m0/s1. The maximum Gasteiger partial charge on any atom is 0.128 e. The van der Waals surface area contributed by atoms with E-state index < -0.39 is 5.97 Å². The Morgan fingerprint density at radius 1 is 1.62 bits per heavy atom. The number of carbonyl (C=O) groups excluding carboxylic acids is 1. The summed E-state index contributed by atoms with van der Waals surface area (Å²) >= 11 is 7.52. The normalized spacial score (nSPS) is 25.6. The molecule has 0 radical (unpaired) electrons. The van der Waals surface area contributed by atoms with Gasteiger partial charge in [-0.15, -0.1) is 11.3 Å². The molecule has 3 nitrogen and oxygen atoms in total. The Balaban J connectivity index is 2.07. The molecule has 0 amide bonds. The average molecular weight is 260 g/mol. The third kappa shape index (κ3) is 2.56. The van der Waals surface area contributed by atoms with Crippen molar-refractivity contribution in [1.29, 1.82) is 0 Å². The molecule has 1 N–H and O–H groups in total. The minimum atomic E-state index is -0.930.